The number of hydrogen-bond donors (Lipinski definition) is 3. The Hall–Kier alpha value is -6.24. The summed E-state index contributed by atoms with van der Waals surface area (Å²) in [5, 5.41) is 11.9. The van der Waals surface area contributed by atoms with Crippen LogP contribution >= 0.6 is 0 Å². The topological polar surface area (TPSA) is 210 Å². The van der Waals surface area contributed by atoms with Gasteiger partial charge in [-0.15, -0.1) is 0 Å². The summed E-state index contributed by atoms with van der Waals surface area (Å²) in [7, 11) is -1.63. The molecule has 0 aliphatic carbocycles. The molecule has 1 fully saturated rings. The Kier molecular flexibility index (Phi) is 9.83. The maximum Gasteiger partial charge on any atom is 0.336 e. The van der Waals surface area contributed by atoms with Gasteiger partial charge in [0, 0.05) is 44.0 Å². The molecule has 278 valence electrons. The fourth-order valence-electron chi connectivity index (χ4n) is 5.40. The molecule has 1 atom stereocenters. The van der Waals surface area contributed by atoms with Crippen molar-refractivity contribution in [1.82, 2.24) is 24.3 Å². The molecule has 0 saturated carbocycles. The van der Waals surface area contributed by atoms with E-state index in [-0.39, 0.29) is 23.5 Å². The number of rotatable bonds is 10. The summed E-state index contributed by atoms with van der Waals surface area (Å²) < 4.78 is 60.3. The number of likely N-dealkylation sites (N-methyl/N-ethyl adjacent to an activating group) is 1. The number of aromatic nitrogens is 3. The van der Waals surface area contributed by atoms with Gasteiger partial charge in [0.05, 0.1) is 21.8 Å². The van der Waals surface area contributed by atoms with Crippen LogP contribution in [0.2, 0.25) is 0 Å². The number of carbonyl (C=O) groups excluding carboxylic acids is 3. The first-order chi connectivity index (χ1) is 24.7. The van der Waals surface area contributed by atoms with Crippen molar-refractivity contribution in [2.24, 2.45) is 7.05 Å². The molecule has 2 aromatic heterocycles. The molecular weight excluding hydrogens is 720 g/mol. The second-order valence-electron chi connectivity index (χ2n) is 12.7. The lowest BCUT2D eigenvalue weighted by atomic mass is 10.1. The van der Waals surface area contributed by atoms with E-state index >= 15 is 8.78 Å². The van der Waals surface area contributed by atoms with Crippen LogP contribution in [0.25, 0.3) is 5.82 Å². The zero-order chi connectivity index (χ0) is 39.3. The van der Waals surface area contributed by atoms with Crippen molar-refractivity contribution in [1.29, 1.82) is 0 Å². The number of pyridine rings is 1. The lowest BCUT2D eigenvalue weighted by Crippen LogP contribution is -2.42. The molecule has 3 N–H and O–H groups in total. The highest BCUT2D eigenvalue weighted by Crippen LogP contribution is 2.31. The molecule has 4 amide bonds. The first-order valence-electron chi connectivity index (χ1n) is 15.7. The van der Waals surface area contributed by atoms with Gasteiger partial charge in [0.2, 0.25) is 0 Å². The molecule has 0 unspecified atom stereocenters. The predicted molar refractivity (Wildman–Crippen MR) is 185 cm³/mol. The van der Waals surface area contributed by atoms with Crippen LogP contribution in [0.3, 0.4) is 0 Å². The second-order valence-corrected chi connectivity index (χ2v) is 14.4. The number of carbonyl (C=O) groups is 4. The summed E-state index contributed by atoms with van der Waals surface area (Å²) in [4.78, 5) is 81.6. The maximum atomic E-state index is 15.1. The molecule has 1 aliphatic rings. The number of hydrogen-bond acceptors (Lipinski definition) is 9. The SMILES string of the molecule is Cc1c(C)n(C)c(=O)n(-c2ccc(C[C@H](NC(=O)c3cc(F)c(NS(=O)(=O)c4ccc(N5C(=O)N(C)C(C)(C)C5=O)cc4)cc3F)C(=O)O)cn2)c1=O. The van der Waals surface area contributed by atoms with Crippen LogP contribution in [0.5, 0.6) is 0 Å². The monoisotopic (exact) mass is 753 g/mol. The Morgan fingerprint density at radius 1 is 0.962 bits per heavy atom. The number of carboxylic acid groups (broad SMARTS) is 1. The fraction of sp³-hybridized carbons (Fsp3) is 0.265. The number of amides is 4. The zero-order valence-corrected chi connectivity index (χ0v) is 29.9. The average molecular weight is 754 g/mol. The summed E-state index contributed by atoms with van der Waals surface area (Å²) in [6, 6.07) is 5.70. The highest BCUT2D eigenvalue weighted by Gasteiger charge is 2.50. The highest BCUT2D eigenvalue weighted by molar-refractivity contribution is 7.92. The van der Waals surface area contributed by atoms with E-state index < -0.39 is 84.4 Å². The van der Waals surface area contributed by atoms with Crippen LogP contribution in [0.15, 0.2) is 69.2 Å². The summed E-state index contributed by atoms with van der Waals surface area (Å²) in [5.74, 6) is -6.18. The molecule has 3 heterocycles. The molecule has 4 aromatic rings. The van der Waals surface area contributed by atoms with E-state index in [1.807, 2.05) is 4.72 Å². The summed E-state index contributed by atoms with van der Waals surface area (Å²) in [6.45, 7) is 6.26. The normalized spacial score (nSPS) is 14.7. The standard InChI is InChI=1S/C34H33F2N7O9S/c1-17-18(2)40(5)32(49)43(29(17)45)27-12-7-19(16-37-27)13-26(30(46)47)38-28(44)22-14-24(36)25(15-23(22)35)39-53(51,52)21-10-8-20(9-11-21)42-31(48)34(3,4)41(6)33(42)50/h7-12,14-16,26,39H,13H2,1-6H3,(H,38,44)(H,46,47)/t26-/m0/s1. The van der Waals surface area contributed by atoms with Crippen molar-refractivity contribution in [3.05, 3.63) is 110 Å². The van der Waals surface area contributed by atoms with Crippen molar-refractivity contribution in [3.8, 4) is 5.82 Å². The molecule has 1 aliphatic heterocycles. The van der Waals surface area contributed by atoms with Crippen LogP contribution in [0, 0.1) is 25.5 Å². The first-order valence-corrected chi connectivity index (χ1v) is 17.2. The van der Waals surface area contributed by atoms with Crippen LogP contribution in [-0.4, -0.2) is 75.0 Å². The van der Waals surface area contributed by atoms with Gasteiger partial charge in [-0.05, 0) is 69.7 Å². The quantitative estimate of drug-likeness (QED) is 0.201. The largest absolute Gasteiger partial charge is 0.480 e. The van der Waals surface area contributed by atoms with Gasteiger partial charge in [0.15, 0.2) is 0 Å². The predicted octanol–water partition coefficient (Wildman–Crippen LogP) is 2.23. The van der Waals surface area contributed by atoms with Crippen molar-refractivity contribution in [3.63, 3.8) is 0 Å². The number of nitrogens with one attached hydrogen (secondary N) is 2. The van der Waals surface area contributed by atoms with Gasteiger partial charge in [-0.3, -0.25) is 19.1 Å². The molecule has 0 spiro atoms. The average Bonchev–Trinajstić information content (AvgIpc) is 3.26. The van der Waals surface area contributed by atoms with Crippen LogP contribution in [0.1, 0.15) is 41.0 Å². The van der Waals surface area contributed by atoms with E-state index in [4.69, 9.17) is 0 Å². The lowest BCUT2D eigenvalue weighted by Gasteiger charge is -2.22. The number of sulfonamides is 1. The smallest absolute Gasteiger partial charge is 0.336 e. The van der Waals surface area contributed by atoms with E-state index in [1.165, 1.54) is 54.0 Å². The molecule has 0 radical (unpaired) electrons. The number of aliphatic carboxylic acids is 1. The van der Waals surface area contributed by atoms with E-state index in [0.29, 0.717) is 23.4 Å². The van der Waals surface area contributed by atoms with Crippen LogP contribution in [0.4, 0.5) is 25.0 Å². The Morgan fingerprint density at radius 2 is 1.60 bits per heavy atom. The van der Waals surface area contributed by atoms with Gasteiger partial charge < -0.3 is 19.9 Å². The van der Waals surface area contributed by atoms with Crippen molar-refractivity contribution < 1.29 is 41.5 Å². The van der Waals surface area contributed by atoms with E-state index in [0.717, 1.165) is 21.6 Å². The Morgan fingerprint density at radius 3 is 2.15 bits per heavy atom. The van der Waals surface area contributed by atoms with Gasteiger partial charge in [0.25, 0.3) is 27.4 Å². The summed E-state index contributed by atoms with van der Waals surface area (Å²) in [5.41, 5.74) is -3.05. The molecule has 5 rings (SSSR count). The number of anilines is 2. The number of halogens is 2. The minimum Gasteiger partial charge on any atom is -0.480 e. The van der Waals surface area contributed by atoms with Gasteiger partial charge >= 0.3 is 17.7 Å². The third kappa shape index (κ3) is 6.89. The Bertz CT molecular complexity index is 2390. The summed E-state index contributed by atoms with van der Waals surface area (Å²) >= 11 is 0. The van der Waals surface area contributed by atoms with E-state index in [2.05, 4.69) is 10.3 Å². The number of imide groups is 1. The van der Waals surface area contributed by atoms with Crippen molar-refractivity contribution >= 4 is 45.2 Å². The number of carboxylic acids is 1. The number of urea groups is 1. The van der Waals surface area contributed by atoms with Crippen LogP contribution in [-0.2, 0) is 33.1 Å². The van der Waals surface area contributed by atoms with Gasteiger partial charge in [-0.2, -0.15) is 0 Å². The van der Waals surface area contributed by atoms with Gasteiger partial charge in [-0.1, -0.05) is 6.07 Å². The molecule has 0 bridgehead atoms. The van der Waals surface area contributed by atoms with E-state index in [1.54, 1.807) is 27.7 Å². The minimum atomic E-state index is -4.56. The minimum absolute atomic E-state index is 0.0316. The lowest BCUT2D eigenvalue weighted by molar-refractivity contribution is -0.139. The zero-order valence-electron chi connectivity index (χ0n) is 29.1. The molecule has 16 nitrogen and oxygen atoms in total. The Balaban J connectivity index is 1.30. The first kappa shape index (κ1) is 38.0. The van der Waals surface area contributed by atoms with Crippen molar-refractivity contribution in [2.45, 2.75) is 50.6 Å². The molecular formula is C34H33F2N7O9S. The van der Waals surface area contributed by atoms with Gasteiger partial charge in [-0.25, -0.2) is 46.0 Å². The highest BCUT2D eigenvalue weighted by atomic mass is 32.2. The second kappa shape index (κ2) is 13.7. The van der Waals surface area contributed by atoms with Gasteiger partial charge in [0.1, 0.15) is 29.0 Å². The third-order valence-electron chi connectivity index (χ3n) is 9.12. The molecule has 1 saturated heterocycles. The number of benzene rings is 2. The van der Waals surface area contributed by atoms with Crippen LogP contribution < -0.4 is 26.2 Å². The Labute approximate surface area is 300 Å². The summed E-state index contributed by atoms with van der Waals surface area (Å²) in [6.07, 6.45) is 0.807. The molecule has 19 heteroatoms. The molecule has 2 aromatic carbocycles. The third-order valence-corrected chi connectivity index (χ3v) is 10.5. The fourth-order valence-corrected chi connectivity index (χ4v) is 6.45. The van der Waals surface area contributed by atoms with Crippen molar-refractivity contribution in [2.75, 3.05) is 16.7 Å². The van der Waals surface area contributed by atoms with E-state index in [9.17, 15) is 42.3 Å². The molecule has 53 heavy (non-hydrogen) atoms. The maximum absolute atomic E-state index is 15.1. The number of nitrogens with zero attached hydrogens (tertiary/aromatic N) is 5.